The molecule has 1 amide bonds. The van der Waals surface area contributed by atoms with Crippen LogP contribution in [0.3, 0.4) is 0 Å². The number of nitrogens with one attached hydrogen (secondary N) is 2. The molecule has 0 saturated heterocycles. The molecule has 0 aliphatic carbocycles. The van der Waals surface area contributed by atoms with Crippen LogP contribution in [0.25, 0.3) is 0 Å². The van der Waals surface area contributed by atoms with Crippen molar-refractivity contribution in [2.75, 3.05) is 12.4 Å². The summed E-state index contributed by atoms with van der Waals surface area (Å²) in [6, 6.07) is 3.26. The minimum absolute atomic E-state index is 0.0634. The van der Waals surface area contributed by atoms with Gasteiger partial charge in [-0.15, -0.1) is 0 Å². The maximum atomic E-state index is 12.9. The van der Waals surface area contributed by atoms with Gasteiger partial charge in [-0.2, -0.15) is 13.2 Å². The van der Waals surface area contributed by atoms with Crippen LogP contribution in [-0.2, 0) is 16.5 Å². The summed E-state index contributed by atoms with van der Waals surface area (Å²) < 4.78 is 43.9. The molecule has 0 heterocycles. The molecule has 0 bridgehead atoms. The summed E-state index contributed by atoms with van der Waals surface area (Å²) in [7, 11) is 1.69. The lowest BCUT2D eigenvalue weighted by Crippen LogP contribution is -2.35. The summed E-state index contributed by atoms with van der Waals surface area (Å²) in [5.74, 6) is 0. The second kappa shape index (κ2) is 6.39. The Balaban J connectivity index is 3.26. The van der Waals surface area contributed by atoms with E-state index >= 15 is 0 Å². The standard InChI is InChI=1S/C16H23F3N2O2/c1-14(2,3)23-13(22)21-12-9-10(16(17,18)19)7-8-11(12)15(4,5)20-6/h7-9,20H,1-6H3,(H,21,22). The van der Waals surface area contributed by atoms with Gasteiger partial charge >= 0.3 is 12.3 Å². The van der Waals surface area contributed by atoms with Crippen LogP contribution in [-0.4, -0.2) is 18.7 Å². The predicted octanol–water partition coefficient (Wildman–Crippen LogP) is 4.51. The van der Waals surface area contributed by atoms with Crippen molar-refractivity contribution < 1.29 is 22.7 Å². The Bertz CT molecular complexity index is 576. The normalized spacial score (nSPS) is 12.9. The number of hydrogen-bond donors (Lipinski definition) is 2. The molecule has 0 aliphatic heterocycles. The third-order valence-electron chi connectivity index (χ3n) is 3.28. The number of carbonyl (C=O) groups excluding carboxylic acids is 1. The molecule has 0 aliphatic rings. The Morgan fingerprint density at radius 2 is 1.65 bits per heavy atom. The van der Waals surface area contributed by atoms with E-state index in [1.54, 1.807) is 41.7 Å². The number of benzene rings is 1. The first-order valence-electron chi connectivity index (χ1n) is 7.17. The molecule has 23 heavy (non-hydrogen) atoms. The second-order valence-electron chi connectivity index (χ2n) is 6.76. The van der Waals surface area contributed by atoms with Crippen molar-refractivity contribution in [3.8, 4) is 0 Å². The molecule has 1 aromatic carbocycles. The molecule has 0 spiro atoms. The summed E-state index contributed by atoms with van der Waals surface area (Å²) in [6.45, 7) is 8.64. The molecule has 0 fully saturated rings. The van der Waals surface area contributed by atoms with E-state index in [0.717, 1.165) is 12.1 Å². The maximum absolute atomic E-state index is 12.9. The molecule has 130 valence electrons. The van der Waals surface area contributed by atoms with Gasteiger partial charge in [-0.05, 0) is 59.4 Å². The van der Waals surface area contributed by atoms with Gasteiger partial charge in [0.1, 0.15) is 5.60 Å². The van der Waals surface area contributed by atoms with Crippen molar-refractivity contribution in [1.82, 2.24) is 5.32 Å². The van der Waals surface area contributed by atoms with E-state index in [4.69, 9.17) is 4.74 Å². The summed E-state index contributed by atoms with van der Waals surface area (Å²) in [4.78, 5) is 11.9. The zero-order valence-electron chi connectivity index (χ0n) is 14.2. The van der Waals surface area contributed by atoms with Crippen LogP contribution in [0.5, 0.6) is 0 Å². The average Bonchev–Trinajstić information content (AvgIpc) is 2.35. The van der Waals surface area contributed by atoms with Gasteiger partial charge in [-0.3, -0.25) is 5.32 Å². The summed E-state index contributed by atoms with van der Waals surface area (Å²) in [5.41, 5.74) is -1.62. The fourth-order valence-electron chi connectivity index (χ4n) is 1.92. The van der Waals surface area contributed by atoms with Crippen LogP contribution < -0.4 is 10.6 Å². The predicted molar refractivity (Wildman–Crippen MR) is 83.4 cm³/mol. The lowest BCUT2D eigenvalue weighted by molar-refractivity contribution is -0.137. The van der Waals surface area contributed by atoms with Crippen molar-refractivity contribution in [3.05, 3.63) is 29.3 Å². The molecule has 2 N–H and O–H groups in total. The smallest absolute Gasteiger partial charge is 0.416 e. The van der Waals surface area contributed by atoms with Crippen LogP contribution in [0.1, 0.15) is 45.7 Å². The molecule has 0 atom stereocenters. The molecule has 0 saturated carbocycles. The van der Waals surface area contributed by atoms with Gasteiger partial charge in [0.15, 0.2) is 0 Å². The van der Waals surface area contributed by atoms with Gasteiger partial charge in [0.05, 0.1) is 5.56 Å². The highest BCUT2D eigenvalue weighted by Gasteiger charge is 2.33. The highest BCUT2D eigenvalue weighted by Crippen LogP contribution is 2.35. The molecule has 1 aromatic rings. The fraction of sp³-hybridized carbons (Fsp3) is 0.562. The van der Waals surface area contributed by atoms with E-state index in [1.165, 1.54) is 6.07 Å². The third kappa shape index (κ3) is 5.42. The molecule has 0 radical (unpaired) electrons. The first-order valence-corrected chi connectivity index (χ1v) is 7.17. The Morgan fingerprint density at radius 1 is 1.09 bits per heavy atom. The van der Waals surface area contributed by atoms with Gasteiger partial charge in [-0.25, -0.2) is 4.79 Å². The number of carbonyl (C=O) groups is 1. The SMILES string of the molecule is CNC(C)(C)c1ccc(C(F)(F)F)cc1NC(=O)OC(C)(C)C. The second-order valence-corrected chi connectivity index (χ2v) is 6.76. The molecule has 7 heteroatoms. The summed E-state index contributed by atoms with van der Waals surface area (Å²) in [5, 5.41) is 5.42. The van der Waals surface area contributed by atoms with E-state index in [2.05, 4.69) is 10.6 Å². The van der Waals surface area contributed by atoms with E-state index in [0.29, 0.717) is 5.56 Å². The van der Waals surface area contributed by atoms with Crippen LogP contribution in [0.2, 0.25) is 0 Å². The lowest BCUT2D eigenvalue weighted by atomic mass is 9.91. The van der Waals surface area contributed by atoms with E-state index in [-0.39, 0.29) is 5.69 Å². The zero-order valence-corrected chi connectivity index (χ0v) is 14.2. The minimum atomic E-state index is -4.49. The first kappa shape index (κ1) is 19.3. The van der Waals surface area contributed by atoms with E-state index in [9.17, 15) is 18.0 Å². The Labute approximate surface area is 134 Å². The molecule has 0 aromatic heterocycles. The van der Waals surface area contributed by atoms with Gasteiger partial charge in [0.2, 0.25) is 0 Å². The molecular formula is C16H23F3N2O2. The Hall–Kier alpha value is -1.76. The lowest BCUT2D eigenvalue weighted by Gasteiger charge is -2.28. The van der Waals surface area contributed by atoms with Gasteiger partial charge in [0.25, 0.3) is 0 Å². The van der Waals surface area contributed by atoms with Gasteiger partial charge in [0, 0.05) is 11.2 Å². The van der Waals surface area contributed by atoms with Crippen molar-refractivity contribution in [3.63, 3.8) is 0 Å². The number of halogens is 3. The van der Waals surface area contributed by atoms with E-state index < -0.39 is 29.0 Å². The number of hydrogen-bond acceptors (Lipinski definition) is 3. The summed E-state index contributed by atoms with van der Waals surface area (Å²) in [6.07, 6.45) is -5.29. The largest absolute Gasteiger partial charge is 0.444 e. The van der Waals surface area contributed by atoms with Gasteiger partial charge < -0.3 is 10.1 Å². The topological polar surface area (TPSA) is 50.4 Å². The minimum Gasteiger partial charge on any atom is -0.444 e. The van der Waals surface area contributed by atoms with E-state index in [1.807, 2.05) is 0 Å². The maximum Gasteiger partial charge on any atom is 0.416 e. The first-order chi connectivity index (χ1) is 10.3. The zero-order chi connectivity index (χ0) is 18.1. The van der Waals surface area contributed by atoms with Crippen LogP contribution in [0.4, 0.5) is 23.7 Å². The highest BCUT2D eigenvalue weighted by atomic mass is 19.4. The number of amides is 1. The number of rotatable bonds is 3. The third-order valence-corrected chi connectivity index (χ3v) is 3.28. The Morgan fingerprint density at radius 3 is 2.09 bits per heavy atom. The molecule has 4 nitrogen and oxygen atoms in total. The average molecular weight is 332 g/mol. The van der Waals surface area contributed by atoms with Crippen molar-refractivity contribution in [1.29, 1.82) is 0 Å². The molecular weight excluding hydrogens is 309 g/mol. The van der Waals surface area contributed by atoms with Crippen molar-refractivity contribution in [2.45, 2.75) is 51.9 Å². The molecule has 0 unspecified atom stereocenters. The highest BCUT2D eigenvalue weighted by molar-refractivity contribution is 5.86. The fourth-order valence-corrected chi connectivity index (χ4v) is 1.92. The Kier molecular flexibility index (Phi) is 5.36. The van der Waals surface area contributed by atoms with Crippen LogP contribution >= 0.6 is 0 Å². The van der Waals surface area contributed by atoms with Crippen LogP contribution in [0, 0.1) is 0 Å². The van der Waals surface area contributed by atoms with Gasteiger partial charge in [-0.1, -0.05) is 6.07 Å². The number of ether oxygens (including phenoxy) is 1. The number of alkyl halides is 3. The quantitative estimate of drug-likeness (QED) is 0.856. The monoisotopic (exact) mass is 332 g/mol. The molecule has 1 rings (SSSR count). The summed E-state index contributed by atoms with van der Waals surface area (Å²) >= 11 is 0. The number of anilines is 1. The van der Waals surface area contributed by atoms with Crippen molar-refractivity contribution >= 4 is 11.8 Å². The van der Waals surface area contributed by atoms with Crippen molar-refractivity contribution in [2.24, 2.45) is 0 Å². The van der Waals surface area contributed by atoms with Crippen LogP contribution in [0.15, 0.2) is 18.2 Å².